The van der Waals surface area contributed by atoms with Crippen LogP contribution in [0.1, 0.15) is 42.0 Å². The third-order valence-corrected chi connectivity index (χ3v) is 4.62. The summed E-state index contributed by atoms with van der Waals surface area (Å²) in [5.74, 6) is 1.66. The summed E-state index contributed by atoms with van der Waals surface area (Å²) in [6.45, 7) is 10.1. The highest BCUT2D eigenvalue weighted by Gasteiger charge is 2.43. The Labute approximate surface area is 111 Å². The summed E-state index contributed by atoms with van der Waals surface area (Å²) in [4.78, 5) is 0. The fraction of sp³-hybridized carbons (Fsp3) is 0.571. The Bertz CT molecular complexity index is 478. The summed E-state index contributed by atoms with van der Waals surface area (Å²) in [5.41, 5.74) is 3.87. The number of rotatable bonds is 1. The first-order valence-corrected chi connectivity index (χ1v) is 7.01. The maximum Gasteiger partial charge on any atom is 0.127 e. The second-order valence-electron chi connectivity index (χ2n) is 5.38. The van der Waals surface area contributed by atoms with Crippen molar-refractivity contribution in [1.29, 1.82) is 0 Å². The molecule has 0 spiro atoms. The van der Waals surface area contributed by atoms with E-state index in [1.165, 1.54) is 0 Å². The van der Waals surface area contributed by atoms with Crippen LogP contribution in [0.3, 0.4) is 0 Å². The number of hydrogen-bond donors (Lipinski definition) is 1. The molecule has 1 aliphatic rings. The third-order valence-electron chi connectivity index (χ3n) is 3.97. The second kappa shape index (κ2) is 3.91. The fourth-order valence-corrected chi connectivity index (χ4v) is 3.73. The van der Waals surface area contributed by atoms with Crippen molar-refractivity contribution >= 4 is 15.9 Å². The van der Waals surface area contributed by atoms with E-state index in [0.717, 1.165) is 33.3 Å². The summed E-state index contributed by atoms with van der Waals surface area (Å²) in [6.07, 6.45) is 0. The van der Waals surface area contributed by atoms with Crippen molar-refractivity contribution in [3.63, 3.8) is 0 Å². The molecule has 94 valence electrons. The number of alkyl halides is 1. The number of fused-ring (bicyclic) bond motifs is 1. The highest BCUT2D eigenvalue weighted by Crippen LogP contribution is 2.51. The minimum atomic E-state index is -0.221. The van der Waals surface area contributed by atoms with Gasteiger partial charge in [-0.3, -0.25) is 0 Å². The molecule has 0 saturated heterocycles. The van der Waals surface area contributed by atoms with E-state index >= 15 is 0 Å². The number of phenols is 1. The Balaban J connectivity index is 2.75. The maximum atomic E-state index is 10.2. The summed E-state index contributed by atoms with van der Waals surface area (Å²) in [6, 6.07) is 0. The molecule has 1 aliphatic heterocycles. The average Bonchev–Trinajstić information content (AvgIpc) is 2.54. The van der Waals surface area contributed by atoms with Crippen molar-refractivity contribution < 1.29 is 9.84 Å². The van der Waals surface area contributed by atoms with E-state index < -0.39 is 0 Å². The van der Waals surface area contributed by atoms with Crippen LogP contribution in [-0.2, 0) is 0 Å². The van der Waals surface area contributed by atoms with Gasteiger partial charge in [0.1, 0.15) is 17.1 Å². The van der Waals surface area contributed by atoms with Gasteiger partial charge in [0.05, 0.1) is 0 Å². The van der Waals surface area contributed by atoms with Crippen LogP contribution in [0.15, 0.2) is 0 Å². The normalized spacial score (nSPS) is 21.2. The van der Waals surface area contributed by atoms with E-state index in [2.05, 4.69) is 29.8 Å². The van der Waals surface area contributed by atoms with Crippen molar-refractivity contribution in [1.82, 2.24) is 0 Å². The quantitative estimate of drug-likeness (QED) is 0.795. The molecule has 0 amide bonds. The van der Waals surface area contributed by atoms with Gasteiger partial charge in [-0.2, -0.15) is 0 Å². The van der Waals surface area contributed by atoms with Crippen LogP contribution < -0.4 is 4.74 Å². The number of benzene rings is 1. The summed E-state index contributed by atoms with van der Waals surface area (Å²) < 4.78 is 6.10. The topological polar surface area (TPSA) is 29.5 Å². The zero-order valence-corrected chi connectivity index (χ0v) is 12.6. The van der Waals surface area contributed by atoms with Crippen molar-refractivity contribution in [2.45, 2.75) is 46.1 Å². The van der Waals surface area contributed by atoms with E-state index in [9.17, 15) is 5.11 Å². The fourth-order valence-electron chi connectivity index (χ4n) is 2.62. The molecular formula is C14H19BrO2. The number of halogens is 1. The van der Waals surface area contributed by atoms with Crippen molar-refractivity contribution in [2.75, 3.05) is 5.33 Å². The average molecular weight is 299 g/mol. The molecular weight excluding hydrogens is 280 g/mol. The van der Waals surface area contributed by atoms with Gasteiger partial charge >= 0.3 is 0 Å². The lowest BCUT2D eigenvalue weighted by Gasteiger charge is -2.25. The summed E-state index contributed by atoms with van der Waals surface area (Å²) in [7, 11) is 0. The molecule has 0 saturated carbocycles. The van der Waals surface area contributed by atoms with E-state index in [0.29, 0.717) is 5.75 Å². The molecule has 0 bridgehead atoms. The highest BCUT2D eigenvalue weighted by molar-refractivity contribution is 9.09. The molecule has 1 aromatic carbocycles. The molecule has 0 aliphatic carbocycles. The van der Waals surface area contributed by atoms with Crippen LogP contribution >= 0.6 is 15.9 Å². The van der Waals surface area contributed by atoms with Gasteiger partial charge in [0, 0.05) is 16.8 Å². The minimum absolute atomic E-state index is 0.221. The van der Waals surface area contributed by atoms with E-state index in [1.807, 2.05) is 20.8 Å². The van der Waals surface area contributed by atoms with Crippen LogP contribution in [0, 0.1) is 20.8 Å². The Kier molecular flexibility index (Phi) is 2.93. The maximum absolute atomic E-state index is 10.2. The lowest BCUT2D eigenvalue weighted by Crippen LogP contribution is -2.31. The Morgan fingerprint density at radius 3 is 2.29 bits per heavy atom. The summed E-state index contributed by atoms with van der Waals surface area (Å²) in [5, 5.41) is 11.0. The van der Waals surface area contributed by atoms with E-state index in [1.54, 1.807) is 0 Å². The predicted molar refractivity (Wildman–Crippen MR) is 73.6 cm³/mol. The lowest BCUT2D eigenvalue weighted by molar-refractivity contribution is 0.117. The van der Waals surface area contributed by atoms with Gasteiger partial charge in [-0.25, -0.2) is 0 Å². The van der Waals surface area contributed by atoms with Crippen LogP contribution in [0.2, 0.25) is 0 Å². The molecule has 2 rings (SSSR count). The van der Waals surface area contributed by atoms with Gasteiger partial charge in [0.15, 0.2) is 0 Å². The zero-order chi connectivity index (χ0) is 13.0. The Morgan fingerprint density at radius 2 is 1.76 bits per heavy atom. The van der Waals surface area contributed by atoms with Crippen LogP contribution in [0.25, 0.3) is 0 Å². The number of aromatic hydroxyl groups is 1. The molecule has 0 fully saturated rings. The molecule has 17 heavy (non-hydrogen) atoms. The molecule has 2 nitrogen and oxygen atoms in total. The molecule has 0 radical (unpaired) electrons. The second-order valence-corrected chi connectivity index (χ2v) is 6.03. The largest absolute Gasteiger partial charge is 0.507 e. The number of hydrogen-bond acceptors (Lipinski definition) is 2. The third kappa shape index (κ3) is 1.67. The molecule has 1 aromatic rings. The Hall–Kier alpha value is -0.700. The SMILES string of the molecule is Cc1c(C)c2c(c(C)c1O)C(CBr)C(C)(C)O2. The van der Waals surface area contributed by atoms with Gasteiger partial charge in [0.25, 0.3) is 0 Å². The van der Waals surface area contributed by atoms with Gasteiger partial charge in [-0.05, 0) is 51.3 Å². The summed E-state index contributed by atoms with van der Waals surface area (Å²) >= 11 is 3.56. The smallest absolute Gasteiger partial charge is 0.127 e. The van der Waals surface area contributed by atoms with Crippen LogP contribution in [0.4, 0.5) is 0 Å². The van der Waals surface area contributed by atoms with Crippen LogP contribution in [0.5, 0.6) is 11.5 Å². The van der Waals surface area contributed by atoms with Crippen molar-refractivity contribution in [3.8, 4) is 11.5 Å². The monoisotopic (exact) mass is 298 g/mol. The van der Waals surface area contributed by atoms with Crippen LogP contribution in [-0.4, -0.2) is 16.0 Å². The van der Waals surface area contributed by atoms with Gasteiger partial charge < -0.3 is 9.84 Å². The predicted octanol–water partition coefficient (Wildman–Crippen LogP) is 3.97. The standard InChI is InChI=1S/C14H19BrO2/c1-7-8(2)13-11(9(3)12(7)16)10(6-15)14(4,5)17-13/h10,16H,6H2,1-5H3. The molecule has 3 heteroatoms. The van der Waals surface area contributed by atoms with E-state index in [-0.39, 0.29) is 11.5 Å². The zero-order valence-electron chi connectivity index (χ0n) is 11.0. The number of ether oxygens (including phenoxy) is 1. The Morgan fingerprint density at radius 1 is 1.18 bits per heavy atom. The molecule has 0 aromatic heterocycles. The van der Waals surface area contributed by atoms with Gasteiger partial charge in [0.2, 0.25) is 0 Å². The van der Waals surface area contributed by atoms with Crippen molar-refractivity contribution in [2.24, 2.45) is 0 Å². The first-order chi connectivity index (χ1) is 7.81. The highest BCUT2D eigenvalue weighted by atomic mass is 79.9. The molecule has 1 N–H and O–H groups in total. The first kappa shape index (κ1) is 12.7. The molecule has 1 heterocycles. The van der Waals surface area contributed by atoms with Gasteiger partial charge in [-0.1, -0.05) is 15.9 Å². The van der Waals surface area contributed by atoms with E-state index in [4.69, 9.17) is 4.74 Å². The van der Waals surface area contributed by atoms with Gasteiger partial charge in [-0.15, -0.1) is 0 Å². The lowest BCUT2D eigenvalue weighted by atomic mass is 9.84. The minimum Gasteiger partial charge on any atom is -0.507 e. The number of phenolic OH excluding ortho intramolecular Hbond substituents is 1. The molecule has 1 atom stereocenters. The van der Waals surface area contributed by atoms with Crippen molar-refractivity contribution in [3.05, 3.63) is 22.3 Å². The molecule has 1 unspecified atom stereocenters. The first-order valence-electron chi connectivity index (χ1n) is 5.88.